The maximum atomic E-state index is 12.2. The van der Waals surface area contributed by atoms with Gasteiger partial charge in [0, 0.05) is 7.05 Å². The van der Waals surface area contributed by atoms with Gasteiger partial charge in [-0.2, -0.15) is 0 Å². The van der Waals surface area contributed by atoms with Crippen LogP contribution in [0.5, 0.6) is 5.75 Å². The number of thioether (sulfide) groups is 1. The van der Waals surface area contributed by atoms with E-state index in [2.05, 4.69) is 10.2 Å². The first-order valence-corrected chi connectivity index (χ1v) is 8.50. The molecule has 7 heteroatoms. The maximum Gasteiger partial charge on any atom is 0.233 e. The molecule has 3 rings (SSSR count). The highest BCUT2D eigenvalue weighted by Crippen LogP contribution is 2.26. The van der Waals surface area contributed by atoms with Crippen molar-refractivity contribution >= 4 is 17.7 Å². The molecule has 1 aromatic heterocycles. The van der Waals surface area contributed by atoms with E-state index in [-0.39, 0.29) is 12.0 Å². The lowest BCUT2D eigenvalue weighted by molar-refractivity contribution is -0.137. The standard InChI is InChI=1S/C16H20N4O2S/c1-11-5-4-6-12(2)15(11)22-13-7-20(8-13)14(21)9-23-16-18-17-10-19(16)3/h4-6,10,13H,7-9H2,1-3H3. The van der Waals surface area contributed by atoms with Gasteiger partial charge >= 0.3 is 0 Å². The van der Waals surface area contributed by atoms with Gasteiger partial charge in [-0.25, -0.2) is 0 Å². The zero-order valence-corrected chi connectivity index (χ0v) is 14.3. The summed E-state index contributed by atoms with van der Waals surface area (Å²) in [7, 11) is 1.87. The molecule has 1 aliphatic heterocycles. The lowest BCUT2D eigenvalue weighted by Gasteiger charge is -2.39. The van der Waals surface area contributed by atoms with Crippen LogP contribution in [0.4, 0.5) is 0 Å². The van der Waals surface area contributed by atoms with Crippen LogP contribution in [0.2, 0.25) is 0 Å². The highest BCUT2D eigenvalue weighted by Gasteiger charge is 2.32. The zero-order valence-electron chi connectivity index (χ0n) is 13.5. The van der Waals surface area contributed by atoms with Crippen molar-refractivity contribution in [3.63, 3.8) is 0 Å². The third-order valence-corrected chi connectivity index (χ3v) is 4.91. The molecule has 0 radical (unpaired) electrons. The van der Waals surface area contributed by atoms with E-state index >= 15 is 0 Å². The number of carbonyl (C=O) groups is 1. The van der Waals surface area contributed by atoms with E-state index in [1.165, 1.54) is 11.8 Å². The molecule has 6 nitrogen and oxygen atoms in total. The van der Waals surface area contributed by atoms with Crippen molar-refractivity contribution in [2.45, 2.75) is 25.1 Å². The number of hydrogen-bond acceptors (Lipinski definition) is 5. The van der Waals surface area contributed by atoms with Crippen molar-refractivity contribution in [3.8, 4) is 5.75 Å². The second kappa shape index (κ2) is 6.62. The van der Waals surface area contributed by atoms with Gasteiger partial charge in [0.05, 0.1) is 18.8 Å². The van der Waals surface area contributed by atoms with Crippen LogP contribution in [-0.4, -0.2) is 50.5 Å². The summed E-state index contributed by atoms with van der Waals surface area (Å²) in [5.74, 6) is 1.43. The van der Waals surface area contributed by atoms with Crippen LogP contribution in [0, 0.1) is 13.8 Å². The molecule has 0 atom stereocenters. The van der Waals surface area contributed by atoms with E-state index in [1.807, 2.05) is 44.0 Å². The van der Waals surface area contributed by atoms with Gasteiger partial charge in [-0.15, -0.1) is 10.2 Å². The van der Waals surface area contributed by atoms with Crippen LogP contribution in [0.25, 0.3) is 0 Å². The summed E-state index contributed by atoms with van der Waals surface area (Å²) < 4.78 is 7.84. The number of ether oxygens (including phenoxy) is 1. The SMILES string of the molecule is Cc1cccc(C)c1OC1CN(C(=O)CSc2nncn2C)C1. The Morgan fingerprint density at radius 2 is 2.04 bits per heavy atom. The Morgan fingerprint density at radius 3 is 2.65 bits per heavy atom. The molecule has 23 heavy (non-hydrogen) atoms. The van der Waals surface area contributed by atoms with Gasteiger partial charge < -0.3 is 14.2 Å². The van der Waals surface area contributed by atoms with Crippen LogP contribution in [0.15, 0.2) is 29.7 Å². The van der Waals surface area contributed by atoms with Crippen LogP contribution < -0.4 is 4.74 Å². The van der Waals surface area contributed by atoms with E-state index in [9.17, 15) is 4.79 Å². The summed E-state index contributed by atoms with van der Waals surface area (Å²) >= 11 is 1.41. The molecule has 1 saturated heterocycles. The summed E-state index contributed by atoms with van der Waals surface area (Å²) in [6.45, 7) is 5.38. The normalized spacial score (nSPS) is 14.7. The smallest absolute Gasteiger partial charge is 0.233 e. The molecule has 122 valence electrons. The highest BCUT2D eigenvalue weighted by atomic mass is 32.2. The molecule has 0 bridgehead atoms. The number of para-hydroxylation sites is 1. The zero-order chi connectivity index (χ0) is 16.4. The number of nitrogens with zero attached hydrogens (tertiary/aromatic N) is 4. The summed E-state index contributed by atoms with van der Waals surface area (Å²) in [5, 5.41) is 8.51. The first-order valence-electron chi connectivity index (χ1n) is 7.52. The summed E-state index contributed by atoms with van der Waals surface area (Å²) in [4.78, 5) is 14.0. The number of amides is 1. The second-order valence-corrected chi connectivity index (χ2v) is 6.72. The maximum absolute atomic E-state index is 12.2. The number of benzene rings is 1. The van der Waals surface area contributed by atoms with E-state index < -0.39 is 0 Å². The van der Waals surface area contributed by atoms with E-state index in [0.717, 1.165) is 22.0 Å². The highest BCUT2D eigenvalue weighted by molar-refractivity contribution is 7.99. The lowest BCUT2D eigenvalue weighted by atomic mass is 10.1. The minimum absolute atomic E-state index is 0.0820. The number of aryl methyl sites for hydroxylation is 3. The summed E-state index contributed by atoms with van der Waals surface area (Å²) in [6, 6.07) is 6.11. The summed E-state index contributed by atoms with van der Waals surface area (Å²) in [6.07, 6.45) is 1.71. The number of hydrogen-bond donors (Lipinski definition) is 0. The fourth-order valence-electron chi connectivity index (χ4n) is 2.49. The average Bonchev–Trinajstić information content (AvgIpc) is 2.88. The fourth-order valence-corrected chi connectivity index (χ4v) is 3.28. The first-order chi connectivity index (χ1) is 11.0. The molecule has 0 unspecified atom stereocenters. The van der Waals surface area contributed by atoms with Crippen molar-refractivity contribution in [1.82, 2.24) is 19.7 Å². The Bertz CT molecular complexity index is 690. The van der Waals surface area contributed by atoms with Gasteiger partial charge in [-0.05, 0) is 25.0 Å². The number of likely N-dealkylation sites (tertiary alicyclic amines) is 1. The molecule has 2 heterocycles. The van der Waals surface area contributed by atoms with Crippen molar-refractivity contribution < 1.29 is 9.53 Å². The average molecular weight is 332 g/mol. The number of carbonyl (C=O) groups excluding carboxylic acids is 1. The molecule has 1 fully saturated rings. The molecule has 1 amide bonds. The third kappa shape index (κ3) is 3.50. The Labute approximate surface area is 139 Å². The van der Waals surface area contributed by atoms with E-state index in [0.29, 0.717) is 18.8 Å². The van der Waals surface area contributed by atoms with Gasteiger partial charge in [-0.3, -0.25) is 4.79 Å². The van der Waals surface area contributed by atoms with Gasteiger partial charge in [-0.1, -0.05) is 30.0 Å². The minimum atomic E-state index is 0.0820. The minimum Gasteiger partial charge on any atom is -0.486 e. The molecule has 2 aromatic rings. The van der Waals surface area contributed by atoms with Crippen LogP contribution in [0.3, 0.4) is 0 Å². The lowest BCUT2D eigenvalue weighted by Crippen LogP contribution is -2.56. The quantitative estimate of drug-likeness (QED) is 0.782. The number of rotatable bonds is 5. The van der Waals surface area contributed by atoms with Crippen molar-refractivity contribution in [2.75, 3.05) is 18.8 Å². The molecule has 0 aliphatic carbocycles. The van der Waals surface area contributed by atoms with Crippen molar-refractivity contribution in [2.24, 2.45) is 7.05 Å². The Hall–Kier alpha value is -2.02. The molecule has 1 aromatic carbocycles. The Morgan fingerprint density at radius 1 is 1.35 bits per heavy atom. The molecular formula is C16H20N4O2S. The van der Waals surface area contributed by atoms with Crippen LogP contribution >= 0.6 is 11.8 Å². The third-order valence-electron chi connectivity index (χ3n) is 3.89. The predicted octanol–water partition coefficient (Wildman–Crippen LogP) is 1.81. The molecule has 0 spiro atoms. The molecule has 0 saturated carbocycles. The van der Waals surface area contributed by atoms with Crippen molar-refractivity contribution in [3.05, 3.63) is 35.7 Å². The Kier molecular flexibility index (Phi) is 4.56. The molecule has 0 N–H and O–H groups in total. The van der Waals surface area contributed by atoms with Gasteiger partial charge in [0.2, 0.25) is 5.91 Å². The number of aromatic nitrogens is 3. The van der Waals surface area contributed by atoms with Crippen molar-refractivity contribution in [1.29, 1.82) is 0 Å². The first kappa shape index (κ1) is 15.9. The largest absolute Gasteiger partial charge is 0.486 e. The topological polar surface area (TPSA) is 60.2 Å². The van der Waals surface area contributed by atoms with Gasteiger partial charge in [0.1, 0.15) is 18.2 Å². The second-order valence-electron chi connectivity index (χ2n) is 5.77. The predicted molar refractivity (Wildman–Crippen MR) is 88.6 cm³/mol. The van der Waals surface area contributed by atoms with Crippen LogP contribution in [0.1, 0.15) is 11.1 Å². The van der Waals surface area contributed by atoms with Gasteiger partial charge in [0.15, 0.2) is 5.16 Å². The van der Waals surface area contributed by atoms with E-state index in [1.54, 1.807) is 10.9 Å². The monoisotopic (exact) mass is 332 g/mol. The molecular weight excluding hydrogens is 312 g/mol. The summed E-state index contributed by atoms with van der Waals surface area (Å²) in [5.41, 5.74) is 2.26. The van der Waals surface area contributed by atoms with Gasteiger partial charge in [0.25, 0.3) is 0 Å². The van der Waals surface area contributed by atoms with Crippen LogP contribution in [-0.2, 0) is 11.8 Å². The fraction of sp³-hybridized carbons (Fsp3) is 0.438. The van der Waals surface area contributed by atoms with E-state index in [4.69, 9.17) is 4.74 Å². The molecule has 1 aliphatic rings. The Balaban J connectivity index is 1.47.